The van der Waals surface area contributed by atoms with Gasteiger partial charge in [-0.25, -0.2) is 13.2 Å². The van der Waals surface area contributed by atoms with Gasteiger partial charge in [-0.2, -0.15) is 4.31 Å². The number of benzene rings is 1. The molecular formula is C13H15NO6S. The molecule has 1 aliphatic rings. The average molecular weight is 313 g/mol. The highest BCUT2D eigenvalue weighted by Crippen LogP contribution is 2.27. The number of methoxy groups -OCH3 is 1. The standard InChI is InChI=1S/C13H15NO6S/c1-20-13(17)11-6-3-7-14(11)21(18,19)10-5-2-4-9(8-10)12(15)16/h2,4-5,8,11H,3,6-7H2,1H3,(H,15,16). The summed E-state index contributed by atoms with van der Waals surface area (Å²) in [5, 5.41) is 8.94. The first-order chi connectivity index (χ1) is 9.87. The predicted molar refractivity (Wildman–Crippen MR) is 72.3 cm³/mol. The first-order valence-electron chi connectivity index (χ1n) is 6.31. The van der Waals surface area contributed by atoms with Crippen molar-refractivity contribution in [1.29, 1.82) is 0 Å². The third-order valence-electron chi connectivity index (χ3n) is 3.36. The zero-order chi connectivity index (χ0) is 15.6. The molecule has 0 spiro atoms. The maximum atomic E-state index is 12.6. The van der Waals surface area contributed by atoms with Crippen LogP contribution in [0.1, 0.15) is 23.2 Å². The number of esters is 1. The van der Waals surface area contributed by atoms with Crippen molar-refractivity contribution in [3.8, 4) is 0 Å². The molecule has 0 aromatic heterocycles. The summed E-state index contributed by atoms with van der Waals surface area (Å²) in [6.45, 7) is 0.208. The van der Waals surface area contributed by atoms with Crippen LogP contribution in [-0.4, -0.2) is 49.5 Å². The fourth-order valence-electron chi connectivity index (χ4n) is 2.32. The van der Waals surface area contributed by atoms with Crippen molar-refractivity contribution in [3.63, 3.8) is 0 Å². The van der Waals surface area contributed by atoms with Crippen LogP contribution in [-0.2, 0) is 19.6 Å². The van der Waals surface area contributed by atoms with Gasteiger partial charge in [-0.15, -0.1) is 0 Å². The van der Waals surface area contributed by atoms with E-state index in [0.717, 1.165) is 10.4 Å². The Morgan fingerprint density at radius 1 is 1.38 bits per heavy atom. The Balaban J connectivity index is 2.40. The Hall–Kier alpha value is -1.93. The summed E-state index contributed by atoms with van der Waals surface area (Å²) in [6.07, 6.45) is 0.947. The molecule has 1 unspecified atom stereocenters. The highest BCUT2D eigenvalue weighted by molar-refractivity contribution is 7.89. The molecule has 21 heavy (non-hydrogen) atoms. The van der Waals surface area contributed by atoms with E-state index in [4.69, 9.17) is 5.11 Å². The zero-order valence-electron chi connectivity index (χ0n) is 11.4. The summed E-state index contributed by atoms with van der Waals surface area (Å²) in [5.74, 6) is -1.82. The van der Waals surface area contributed by atoms with Crippen LogP contribution in [0.2, 0.25) is 0 Å². The Labute approximate surface area is 122 Å². The molecule has 0 radical (unpaired) electrons. The Kier molecular flexibility index (Phi) is 4.29. The minimum Gasteiger partial charge on any atom is -0.478 e. The van der Waals surface area contributed by atoms with Crippen molar-refractivity contribution < 1.29 is 27.9 Å². The molecule has 1 fully saturated rings. The van der Waals surface area contributed by atoms with Gasteiger partial charge in [0, 0.05) is 6.54 Å². The van der Waals surface area contributed by atoms with Crippen molar-refractivity contribution in [1.82, 2.24) is 4.31 Å². The summed E-state index contributed by atoms with van der Waals surface area (Å²) >= 11 is 0. The van der Waals surface area contributed by atoms with Crippen molar-refractivity contribution in [2.45, 2.75) is 23.8 Å². The lowest BCUT2D eigenvalue weighted by molar-refractivity contribution is -0.144. The van der Waals surface area contributed by atoms with E-state index < -0.39 is 28.0 Å². The smallest absolute Gasteiger partial charge is 0.335 e. The van der Waals surface area contributed by atoms with Gasteiger partial charge >= 0.3 is 11.9 Å². The summed E-state index contributed by atoms with van der Waals surface area (Å²) in [5.41, 5.74) is -0.120. The van der Waals surface area contributed by atoms with Crippen LogP contribution in [0.4, 0.5) is 0 Å². The summed E-state index contributed by atoms with van der Waals surface area (Å²) in [4.78, 5) is 22.5. The molecule has 1 saturated heterocycles. The molecule has 1 N–H and O–H groups in total. The number of aromatic carboxylic acids is 1. The topological polar surface area (TPSA) is 101 Å². The number of carboxylic acid groups (broad SMARTS) is 1. The van der Waals surface area contributed by atoms with E-state index in [0.29, 0.717) is 12.8 Å². The molecule has 0 bridgehead atoms. The SMILES string of the molecule is COC(=O)C1CCCN1S(=O)(=O)c1cccc(C(=O)O)c1. The average Bonchev–Trinajstić information content (AvgIpc) is 2.96. The van der Waals surface area contributed by atoms with Crippen molar-refractivity contribution in [2.75, 3.05) is 13.7 Å². The second-order valence-electron chi connectivity index (χ2n) is 4.63. The van der Waals surface area contributed by atoms with E-state index in [1.54, 1.807) is 0 Å². The molecule has 8 heteroatoms. The summed E-state index contributed by atoms with van der Waals surface area (Å²) < 4.78 is 30.8. The number of nitrogens with zero attached hydrogens (tertiary/aromatic N) is 1. The number of carboxylic acids is 1. The Bertz CT molecular complexity index is 669. The van der Waals surface area contributed by atoms with Crippen molar-refractivity contribution in [3.05, 3.63) is 29.8 Å². The lowest BCUT2D eigenvalue weighted by atomic mass is 10.2. The number of hydrogen-bond donors (Lipinski definition) is 1. The van der Waals surface area contributed by atoms with Crippen molar-refractivity contribution >= 4 is 22.0 Å². The highest BCUT2D eigenvalue weighted by atomic mass is 32.2. The van der Waals surface area contributed by atoms with Crippen LogP contribution in [0.3, 0.4) is 0 Å². The minimum absolute atomic E-state index is 0.120. The van der Waals surface area contributed by atoms with Crippen LogP contribution < -0.4 is 0 Å². The number of sulfonamides is 1. The van der Waals surface area contributed by atoms with Crippen molar-refractivity contribution in [2.24, 2.45) is 0 Å². The zero-order valence-corrected chi connectivity index (χ0v) is 12.2. The second-order valence-corrected chi connectivity index (χ2v) is 6.52. The van der Waals surface area contributed by atoms with E-state index in [1.165, 1.54) is 25.3 Å². The van der Waals surface area contributed by atoms with Crippen LogP contribution in [0.15, 0.2) is 29.2 Å². The fraction of sp³-hybridized carbons (Fsp3) is 0.385. The molecule has 7 nitrogen and oxygen atoms in total. The quantitative estimate of drug-likeness (QED) is 0.822. The van der Waals surface area contributed by atoms with Gasteiger partial charge in [-0.3, -0.25) is 4.79 Å². The second kappa shape index (κ2) is 5.82. The molecule has 0 amide bonds. The predicted octanol–water partition coefficient (Wildman–Crippen LogP) is 0.711. The fourth-order valence-corrected chi connectivity index (χ4v) is 4.02. The van der Waals surface area contributed by atoms with E-state index in [9.17, 15) is 18.0 Å². The van der Waals surface area contributed by atoms with Gasteiger partial charge in [0.1, 0.15) is 6.04 Å². The van der Waals surface area contributed by atoms with Gasteiger partial charge in [0.2, 0.25) is 10.0 Å². The van der Waals surface area contributed by atoms with Gasteiger partial charge in [0.05, 0.1) is 17.6 Å². The van der Waals surface area contributed by atoms with Gasteiger partial charge < -0.3 is 9.84 Å². The number of carbonyl (C=O) groups excluding carboxylic acids is 1. The molecule has 1 aromatic carbocycles. The maximum absolute atomic E-state index is 12.6. The molecule has 0 aliphatic carbocycles. The summed E-state index contributed by atoms with van der Waals surface area (Å²) in [7, 11) is -2.72. The molecule has 0 saturated carbocycles. The van der Waals surface area contributed by atoms with E-state index in [2.05, 4.69) is 4.74 Å². The van der Waals surface area contributed by atoms with E-state index in [-0.39, 0.29) is 17.0 Å². The molecule has 114 valence electrons. The lowest BCUT2D eigenvalue weighted by Gasteiger charge is -2.22. The normalized spacial score (nSPS) is 19.4. The number of rotatable bonds is 4. The highest BCUT2D eigenvalue weighted by Gasteiger charge is 2.40. The molecule has 1 aromatic rings. The van der Waals surface area contributed by atoms with Gasteiger partial charge in [-0.1, -0.05) is 6.07 Å². The number of ether oxygens (including phenoxy) is 1. The summed E-state index contributed by atoms with van der Waals surface area (Å²) in [6, 6.07) is 4.22. The van der Waals surface area contributed by atoms with Gasteiger partial charge in [0.25, 0.3) is 0 Å². The molecule has 1 atom stereocenters. The van der Waals surface area contributed by atoms with E-state index in [1.807, 2.05) is 0 Å². The largest absolute Gasteiger partial charge is 0.478 e. The Morgan fingerprint density at radius 3 is 2.71 bits per heavy atom. The monoisotopic (exact) mass is 313 g/mol. The molecule has 2 rings (SSSR count). The number of hydrogen-bond acceptors (Lipinski definition) is 5. The van der Waals surface area contributed by atoms with Crippen LogP contribution in [0.25, 0.3) is 0 Å². The minimum atomic E-state index is -3.93. The first kappa shape index (κ1) is 15.5. The molecule has 1 aliphatic heterocycles. The maximum Gasteiger partial charge on any atom is 0.335 e. The molecular weight excluding hydrogens is 298 g/mol. The van der Waals surface area contributed by atoms with E-state index >= 15 is 0 Å². The first-order valence-corrected chi connectivity index (χ1v) is 7.75. The van der Waals surface area contributed by atoms with Crippen LogP contribution >= 0.6 is 0 Å². The van der Waals surface area contributed by atoms with Gasteiger partial charge in [0.15, 0.2) is 0 Å². The lowest BCUT2D eigenvalue weighted by Crippen LogP contribution is -2.41. The van der Waals surface area contributed by atoms with Crippen LogP contribution in [0, 0.1) is 0 Å². The Morgan fingerprint density at radius 2 is 2.10 bits per heavy atom. The van der Waals surface area contributed by atoms with Crippen LogP contribution in [0.5, 0.6) is 0 Å². The van der Waals surface area contributed by atoms with Gasteiger partial charge in [-0.05, 0) is 31.0 Å². The third-order valence-corrected chi connectivity index (χ3v) is 5.27. The number of carbonyl (C=O) groups is 2. The molecule has 1 heterocycles. The third kappa shape index (κ3) is 2.91.